The Morgan fingerprint density at radius 1 is 1.16 bits per heavy atom. The minimum atomic E-state index is 0.387. The SMILES string of the molecule is COCc1noc(N2CCC(C3CC3CCOc3ccc(-n4cncn4)cc3)CC2)n1. The molecule has 0 spiro atoms. The molecule has 1 aliphatic heterocycles. The Labute approximate surface area is 181 Å². The molecule has 9 heteroatoms. The van der Waals surface area contributed by atoms with Gasteiger partial charge in [0, 0.05) is 20.2 Å². The van der Waals surface area contributed by atoms with E-state index >= 15 is 0 Å². The Balaban J connectivity index is 1.02. The Morgan fingerprint density at radius 2 is 2.00 bits per heavy atom. The van der Waals surface area contributed by atoms with E-state index in [1.54, 1.807) is 18.1 Å². The maximum absolute atomic E-state index is 5.97. The maximum Gasteiger partial charge on any atom is 0.324 e. The molecule has 2 aromatic heterocycles. The summed E-state index contributed by atoms with van der Waals surface area (Å²) in [7, 11) is 1.63. The molecular weight excluding hydrogens is 396 g/mol. The minimum Gasteiger partial charge on any atom is -0.494 e. The number of aromatic nitrogens is 5. The predicted molar refractivity (Wildman–Crippen MR) is 113 cm³/mol. The van der Waals surface area contributed by atoms with Gasteiger partial charge < -0.3 is 18.9 Å². The van der Waals surface area contributed by atoms with Crippen molar-refractivity contribution in [3.63, 3.8) is 0 Å². The highest BCUT2D eigenvalue weighted by Crippen LogP contribution is 2.49. The molecule has 2 fully saturated rings. The van der Waals surface area contributed by atoms with Gasteiger partial charge in [-0.3, -0.25) is 0 Å². The quantitative estimate of drug-likeness (QED) is 0.517. The van der Waals surface area contributed by atoms with Crippen LogP contribution in [0.1, 0.15) is 31.5 Å². The first-order valence-electron chi connectivity index (χ1n) is 10.9. The molecule has 1 saturated carbocycles. The lowest BCUT2D eigenvalue weighted by atomic mass is 9.90. The molecule has 5 rings (SSSR count). The van der Waals surface area contributed by atoms with Gasteiger partial charge in [-0.2, -0.15) is 10.1 Å². The summed E-state index contributed by atoms with van der Waals surface area (Å²) in [5.41, 5.74) is 0.980. The Morgan fingerprint density at radius 3 is 2.74 bits per heavy atom. The Hall–Kier alpha value is -2.94. The number of hydrogen-bond donors (Lipinski definition) is 0. The van der Waals surface area contributed by atoms with Crippen LogP contribution in [-0.4, -0.2) is 51.7 Å². The van der Waals surface area contributed by atoms with Gasteiger partial charge in [0.1, 0.15) is 25.0 Å². The van der Waals surface area contributed by atoms with Crippen LogP contribution in [-0.2, 0) is 11.3 Å². The second-order valence-electron chi connectivity index (χ2n) is 8.38. The number of methoxy groups -OCH3 is 1. The van der Waals surface area contributed by atoms with E-state index in [1.165, 1.54) is 25.6 Å². The second kappa shape index (κ2) is 9.05. The van der Waals surface area contributed by atoms with Crippen LogP contribution in [0.4, 0.5) is 6.01 Å². The summed E-state index contributed by atoms with van der Waals surface area (Å²) >= 11 is 0. The van der Waals surface area contributed by atoms with Crippen molar-refractivity contribution in [1.82, 2.24) is 24.9 Å². The molecule has 0 N–H and O–H groups in total. The summed E-state index contributed by atoms with van der Waals surface area (Å²) in [5.74, 6) is 3.94. The van der Waals surface area contributed by atoms with Gasteiger partial charge in [-0.15, -0.1) is 0 Å². The number of nitrogens with zero attached hydrogens (tertiary/aromatic N) is 6. The fourth-order valence-electron chi connectivity index (χ4n) is 4.62. The van der Waals surface area contributed by atoms with Gasteiger partial charge in [0.2, 0.25) is 0 Å². The standard InChI is InChI=1S/C22H28N6O3/c1-29-13-21-25-22(31-26-21)27-9-6-16(7-10-27)20-12-17(20)8-11-30-19-4-2-18(3-5-19)28-15-23-14-24-28/h2-5,14-17,20H,6-13H2,1H3. The van der Waals surface area contributed by atoms with Crippen LogP contribution in [0, 0.1) is 17.8 Å². The van der Waals surface area contributed by atoms with Crippen molar-refractivity contribution in [1.29, 1.82) is 0 Å². The van der Waals surface area contributed by atoms with Crippen LogP contribution in [0.15, 0.2) is 41.4 Å². The van der Waals surface area contributed by atoms with Crippen LogP contribution in [0.25, 0.3) is 5.69 Å². The summed E-state index contributed by atoms with van der Waals surface area (Å²) in [6.07, 6.45) is 8.05. The molecule has 0 bridgehead atoms. The zero-order valence-corrected chi connectivity index (χ0v) is 17.8. The molecule has 31 heavy (non-hydrogen) atoms. The van der Waals surface area contributed by atoms with Crippen molar-refractivity contribution in [2.75, 3.05) is 31.7 Å². The van der Waals surface area contributed by atoms with Crippen LogP contribution in [0.3, 0.4) is 0 Å². The lowest BCUT2D eigenvalue weighted by Crippen LogP contribution is -2.34. The molecule has 2 atom stereocenters. The summed E-state index contributed by atoms with van der Waals surface area (Å²) in [6, 6.07) is 8.61. The normalized spacial score (nSPS) is 21.4. The van der Waals surface area contributed by atoms with E-state index < -0.39 is 0 Å². The lowest BCUT2D eigenvalue weighted by molar-refractivity contribution is 0.174. The van der Waals surface area contributed by atoms with E-state index in [4.69, 9.17) is 14.0 Å². The zero-order chi connectivity index (χ0) is 21.0. The van der Waals surface area contributed by atoms with Crippen molar-refractivity contribution in [3.05, 3.63) is 42.7 Å². The van der Waals surface area contributed by atoms with Crippen molar-refractivity contribution in [2.24, 2.45) is 17.8 Å². The van der Waals surface area contributed by atoms with Gasteiger partial charge in [0.15, 0.2) is 5.82 Å². The Bertz CT molecular complexity index is 950. The molecule has 1 aliphatic carbocycles. The highest BCUT2D eigenvalue weighted by atomic mass is 16.5. The van der Waals surface area contributed by atoms with Crippen LogP contribution in [0.2, 0.25) is 0 Å². The molecule has 1 aromatic carbocycles. The molecule has 3 heterocycles. The van der Waals surface area contributed by atoms with E-state index in [9.17, 15) is 0 Å². The van der Waals surface area contributed by atoms with E-state index in [1.807, 2.05) is 24.3 Å². The molecule has 3 aromatic rings. The average molecular weight is 425 g/mol. The topological polar surface area (TPSA) is 91.3 Å². The molecule has 2 unspecified atom stereocenters. The largest absolute Gasteiger partial charge is 0.494 e. The smallest absolute Gasteiger partial charge is 0.324 e. The highest BCUT2D eigenvalue weighted by Gasteiger charge is 2.43. The first-order chi connectivity index (χ1) is 15.3. The summed E-state index contributed by atoms with van der Waals surface area (Å²) in [5, 5.41) is 8.10. The average Bonchev–Trinajstić information content (AvgIpc) is 3.18. The molecule has 2 aliphatic rings. The fraction of sp³-hybridized carbons (Fsp3) is 0.545. The third-order valence-corrected chi connectivity index (χ3v) is 6.40. The van der Waals surface area contributed by atoms with Crippen molar-refractivity contribution < 1.29 is 14.0 Å². The lowest BCUT2D eigenvalue weighted by Gasteiger charge is -2.30. The van der Waals surface area contributed by atoms with E-state index in [2.05, 4.69) is 25.1 Å². The number of anilines is 1. The number of hydrogen-bond acceptors (Lipinski definition) is 8. The Kier molecular flexibility index (Phi) is 5.84. The second-order valence-corrected chi connectivity index (χ2v) is 8.38. The van der Waals surface area contributed by atoms with E-state index in [0.717, 1.165) is 55.3 Å². The molecule has 9 nitrogen and oxygen atoms in total. The first-order valence-corrected chi connectivity index (χ1v) is 10.9. The van der Waals surface area contributed by atoms with Crippen LogP contribution < -0.4 is 9.64 Å². The third-order valence-electron chi connectivity index (χ3n) is 6.40. The molecule has 1 saturated heterocycles. The fourth-order valence-corrected chi connectivity index (χ4v) is 4.62. The van der Waals surface area contributed by atoms with Gasteiger partial charge in [-0.25, -0.2) is 9.67 Å². The first kappa shape index (κ1) is 20.0. The van der Waals surface area contributed by atoms with Gasteiger partial charge in [0.05, 0.1) is 12.3 Å². The van der Waals surface area contributed by atoms with Crippen LogP contribution >= 0.6 is 0 Å². The van der Waals surface area contributed by atoms with Gasteiger partial charge >= 0.3 is 6.01 Å². The number of rotatable bonds is 9. The van der Waals surface area contributed by atoms with Crippen molar-refractivity contribution in [2.45, 2.75) is 32.3 Å². The summed E-state index contributed by atoms with van der Waals surface area (Å²) < 4.78 is 18.1. The molecule has 0 amide bonds. The molecule has 164 valence electrons. The van der Waals surface area contributed by atoms with Crippen molar-refractivity contribution >= 4 is 6.01 Å². The van der Waals surface area contributed by atoms with Crippen molar-refractivity contribution in [3.8, 4) is 11.4 Å². The zero-order valence-electron chi connectivity index (χ0n) is 17.8. The van der Waals surface area contributed by atoms with Gasteiger partial charge in [-0.05, 0) is 67.7 Å². The van der Waals surface area contributed by atoms with Gasteiger partial charge in [0.25, 0.3) is 0 Å². The molecule has 0 radical (unpaired) electrons. The number of piperidine rings is 1. The monoisotopic (exact) mass is 424 g/mol. The number of benzene rings is 1. The molecular formula is C22H28N6O3. The summed E-state index contributed by atoms with van der Waals surface area (Å²) in [6.45, 7) is 3.12. The minimum absolute atomic E-state index is 0.387. The predicted octanol–water partition coefficient (Wildman–Crippen LogP) is 3.12. The maximum atomic E-state index is 5.97. The summed E-state index contributed by atoms with van der Waals surface area (Å²) in [4.78, 5) is 10.6. The highest BCUT2D eigenvalue weighted by molar-refractivity contribution is 5.36. The van der Waals surface area contributed by atoms with Gasteiger partial charge in [-0.1, -0.05) is 5.16 Å². The van der Waals surface area contributed by atoms with Crippen LogP contribution in [0.5, 0.6) is 5.75 Å². The van der Waals surface area contributed by atoms with E-state index in [-0.39, 0.29) is 0 Å². The van der Waals surface area contributed by atoms with E-state index in [0.29, 0.717) is 18.4 Å². The number of ether oxygens (including phenoxy) is 2. The third kappa shape index (κ3) is 4.71.